The number of carboxylic acid groups (broad SMARTS) is 1. The molecule has 2 aromatic rings. The summed E-state index contributed by atoms with van der Waals surface area (Å²) in [6, 6.07) is 2.00. The number of nitriles is 1. The van der Waals surface area contributed by atoms with Gasteiger partial charge in [0.05, 0.1) is 47.1 Å². The summed E-state index contributed by atoms with van der Waals surface area (Å²) in [7, 11) is 0. The molecule has 0 spiro atoms. The molecular formula is C20H19BrFN5O3S. The van der Waals surface area contributed by atoms with Gasteiger partial charge in [0.15, 0.2) is 11.0 Å². The minimum atomic E-state index is -0.916. The molecule has 3 aliphatic heterocycles. The van der Waals surface area contributed by atoms with Gasteiger partial charge in [-0.25, -0.2) is 19.2 Å². The summed E-state index contributed by atoms with van der Waals surface area (Å²) in [6.45, 7) is 3.07. The van der Waals surface area contributed by atoms with Crippen molar-refractivity contribution in [3.63, 3.8) is 0 Å². The quantitative estimate of drug-likeness (QED) is 0.487. The van der Waals surface area contributed by atoms with Gasteiger partial charge in [-0.15, -0.1) is 0 Å². The molecule has 31 heavy (non-hydrogen) atoms. The van der Waals surface area contributed by atoms with Crippen LogP contribution in [0.4, 0.5) is 15.0 Å². The van der Waals surface area contributed by atoms with Crippen molar-refractivity contribution in [3.8, 4) is 6.07 Å². The second-order valence-corrected chi connectivity index (χ2v) is 9.82. The van der Waals surface area contributed by atoms with Crippen LogP contribution in [-0.2, 0) is 11.3 Å². The fourth-order valence-corrected chi connectivity index (χ4v) is 5.99. The van der Waals surface area contributed by atoms with Gasteiger partial charge in [0.25, 0.3) is 0 Å². The van der Waals surface area contributed by atoms with E-state index in [0.29, 0.717) is 45.9 Å². The molecule has 0 radical (unpaired) electrons. The van der Waals surface area contributed by atoms with Gasteiger partial charge in [0.1, 0.15) is 11.3 Å². The number of halogens is 2. The van der Waals surface area contributed by atoms with Crippen molar-refractivity contribution in [1.82, 2.24) is 14.9 Å². The standard InChI is InChI=1S/C20H19BrFN5O3S/c1-2-31-19-24-17-14(13-11(15(21)16(17)22)8-30-12(13)3-4-23)18(25-19)26-6-10-5-9(26)7-27(10)20(28)29/h9-10,12H,2-3,5-8H2,1H3,(H,28,29)/t9-,10-,12?/m1/s1. The molecule has 1 aromatic heterocycles. The van der Waals surface area contributed by atoms with Crippen LogP contribution in [0.25, 0.3) is 10.9 Å². The third kappa shape index (κ3) is 3.15. The van der Waals surface area contributed by atoms with Crippen LogP contribution in [0.5, 0.6) is 0 Å². The number of fused-ring (bicyclic) bond motifs is 5. The van der Waals surface area contributed by atoms with E-state index in [4.69, 9.17) is 9.72 Å². The number of aromatic nitrogens is 2. The van der Waals surface area contributed by atoms with E-state index in [1.165, 1.54) is 16.7 Å². The van der Waals surface area contributed by atoms with Crippen molar-refractivity contribution in [1.29, 1.82) is 5.26 Å². The molecule has 2 fully saturated rings. The summed E-state index contributed by atoms with van der Waals surface area (Å²) in [5, 5.41) is 19.8. The van der Waals surface area contributed by atoms with Crippen LogP contribution in [-0.4, -0.2) is 57.0 Å². The van der Waals surface area contributed by atoms with Crippen LogP contribution in [0.15, 0.2) is 9.63 Å². The van der Waals surface area contributed by atoms with Gasteiger partial charge in [0, 0.05) is 24.2 Å². The van der Waals surface area contributed by atoms with Gasteiger partial charge in [0.2, 0.25) is 0 Å². The van der Waals surface area contributed by atoms with Crippen molar-refractivity contribution in [2.75, 3.05) is 23.7 Å². The third-order valence-corrected chi connectivity index (χ3v) is 7.74. The molecule has 1 aromatic carbocycles. The lowest BCUT2D eigenvalue weighted by molar-refractivity contribution is 0.0700. The number of benzene rings is 1. The summed E-state index contributed by atoms with van der Waals surface area (Å²) in [6.07, 6.45) is -0.542. The molecule has 8 nitrogen and oxygen atoms in total. The Bertz CT molecular complexity index is 1140. The SMILES string of the molecule is CCSc1nc(N2C[C@H]3C[C@@H]2CN3C(=O)O)c2c3c(c(Br)c(F)c2n1)COC3CC#N. The predicted octanol–water partition coefficient (Wildman–Crippen LogP) is 4.07. The first-order valence-electron chi connectivity index (χ1n) is 10.0. The summed E-state index contributed by atoms with van der Waals surface area (Å²) in [4.78, 5) is 24.4. The molecule has 1 N–H and O–H groups in total. The molecule has 5 rings (SSSR count). The monoisotopic (exact) mass is 507 g/mol. The Kier molecular flexibility index (Phi) is 5.19. The Hall–Kier alpha value is -2.16. The lowest BCUT2D eigenvalue weighted by Gasteiger charge is -2.34. The molecule has 1 amide bonds. The fraction of sp³-hybridized carbons (Fsp3) is 0.500. The number of hydrogen-bond donors (Lipinski definition) is 1. The number of carbonyl (C=O) groups is 1. The highest BCUT2D eigenvalue weighted by molar-refractivity contribution is 9.10. The zero-order chi connectivity index (χ0) is 21.9. The van der Waals surface area contributed by atoms with E-state index in [1.54, 1.807) is 0 Å². The molecule has 3 aliphatic rings. The van der Waals surface area contributed by atoms with E-state index in [-0.39, 0.29) is 30.6 Å². The van der Waals surface area contributed by atoms with E-state index >= 15 is 4.39 Å². The van der Waals surface area contributed by atoms with Gasteiger partial charge < -0.3 is 19.6 Å². The Morgan fingerprint density at radius 2 is 2.23 bits per heavy atom. The maximum absolute atomic E-state index is 15.4. The number of rotatable bonds is 4. The van der Waals surface area contributed by atoms with Gasteiger partial charge in [-0.3, -0.25) is 0 Å². The zero-order valence-electron chi connectivity index (χ0n) is 16.6. The number of likely N-dealkylation sites (tertiary alicyclic amines) is 1. The van der Waals surface area contributed by atoms with Crippen molar-refractivity contribution in [2.45, 2.75) is 49.7 Å². The highest BCUT2D eigenvalue weighted by Crippen LogP contribution is 2.47. The maximum atomic E-state index is 15.4. The Balaban J connectivity index is 1.73. The van der Waals surface area contributed by atoms with Gasteiger partial charge in [-0.1, -0.05) is 18.7 Å². The first kappa shape index (κ1) is 20.7. The largest absolute Gasteiger partial charge is 0.465 e. The fourth-order valence-electron chi connectivity index (χ4n) is 4.91. The maximum Gasteiger partial charge on any atom is 0.407 e. The van der Waals surface area contributed by atoms with E-state index in [2.05, 4.69) is 31.9 Å². The molecule has 11 heteroatoms. The van der Waals surface area contributed by atoms with E-state index in [9.17, 15) is 15.2 Å². The van der Waals surface area contributed by atoms with Crippen LogP contribution < -0.4 is 4.90 Å². The number of anilines is 1. The summed E-state index contributed by atoms with van der Waals surface area (Å²) in [5.74, 6) is 0.875. The average Bonchev–Trinajstić information content (AvgIpc) is 3.46. The molecule has 1 unspecified atom stereocenters. The molecule has 2 saturated heterocycles. The molecule has 162 valence electrons. The minimum Gasteiger partial charge on any atom is -0.465 e. The van der Waals surface area contributed by atoms with Crippen molar-refractivity contribution in [2.24, 2.45) is 0 Å². The zero-order valence-corrected chi connectivity index (χ0v) is 19.0. The Morgan fingerprint density at radius 1 is 1.42 bits per heavy atom. The average molecular weight is 508 g/mol. The van der Waals surface area contributed by atoms with Gasteiger partial charge in [-0.05, 0) is 28.1 Å². The predicted molar refractivity (Wildman–Crippen MR) is 116 cm³/mol. The highest BCUT2D eigenvalue weighted by Gasteiger charge is 2.47. The molecule has 0 aliphatic carbocycles. The highest BCUT2D eigenvalue weighted by atomic mass is 79.9. The van der Waals surface area contributed by atoms with Crippen LogP contribution in [0.1, 0.15) is 37.0 Å². The van der Waals surface area contributed by atoms with E-state index in [1.807, 2.05) is 6.92 Å². The molecular weight excluding hydrogens is 489 g/mol. The van der Waals surface area contributed by atoms with Crippen molar-refractivity contribution < 1.29 is 19.0 Å². The normalized spacial score (nSPS) is 24.1. The second kappa shape index (κ2) is 7.76. The Labute approximate surface area is 190 Å². The first-order chi connectivity index (χ1) is 14.9. The molecule has 0 saturated carbocycles. The first-order valence-corrected chi connectivity index (χ1v) is 11.8. The smallest absolute Gasteiger partial charge is 0.407 e. The lowest BCUT2D eigenvalue weighted by atomic mass is 9.97. The summed E-state index contributed by atoms with van der Waals surface area (Å²) >= 11 is 4.80. The number of nitrogens with zero attached hydrogens (tertiary/aromatic N) is 5. The number of thioether (sulfide) groups is 1. The Morgan fingerprint density at radius 3 is 2.87 bits per heavy atom. The number of hydrogen-bond acceptors (Lipinski definition) is 7. The topological polar surface area (TPSA) is 103 Å². The second-order valence-electron chi connectivity index (χ2n) is 7.80. The molecule has 4 heterocycles. The van der Waals surface area contributed by atoms with E-state index < -0.39 is 18.0 Å². The van der Waals surface area contributed by atoms with Gasteiger partial charge >= 0.3 is 6.09 Å². The summed E-state index contributed by atoms with van der Waals surface area (Å²) < 4.78 is 21.6. The molecule has 3 atom stereocenters. The number of ether oxygens (including phenoxy) is 1. The third-order valence-electron chi connectivity index (χ3n) is 6.19. The van der Waals surface area contributed by atoms with E-state index in [0.717, 1.165) is 11.3 Å². The van der Waals surface area contributed by atoms with Crippen molar-refractivity contribution in [3.05, 3.63) is 21.4 Å². The van der Waals surface area contributed by atoms with Crippen LogP contribution in [0.3, 0.4) is 0 Å². The van der Waals surface area contributed by atoms with Crippen LogP contribution in [0, 0.1) is 17.1 Å². The van der Waals surface area contributed by atoms with Crippen LogP contribution >= 0.6 is 27.7 Å². The van der Waals surface area contributed by atoms with Crippen molar-refractivity contribution >= 4 is 50.5 Å². The summed E-state index contributed by atoms with van der Waals surface area (Å²) in [5.41, 5.74) is 1.64. The van der Waals surface area contributed by atoms with Crippen LogP contribution in [0.2, 0.25) is 0 Å². The molecule has 2 bridgehead atoms. The lowest BCUT2D eigenvalue weighted by Crippen LogP contribution is -2.48. The van der Waals surface area contributed by atoms with Gasteiger partial charge in [-0.2, -0.15) is 5.26 Å². The number of amides is 1. The minimum absolute atomic E-state index is 0.0298. The number of piperazine rings is 1.